The highest BCUT2D eigenvalue weighted by molar-refractivity contribution is 5.74. The summed E-state index contributed by atoms with van der Waals surface area (Å²) in [6.07, 6.45) is -1.24. The number of halogens is 4. The fraction of sp³-hybridized carbons (Fsp3) is 0.522. The van der Waals surface area contributed by atoms with Crippen LogP contribution in [0.5, 0.6) is 0 Å². The first-order valence-corrected chi connectivity index (χ1v) is 10.8. The van der Waals surface area contributed by atoms with Crippen LogP contribution in [0.2, 0.25) is 0 Å². The molecule has 0 aliphatic heterocycles. The second-order valence-electron chi connectivity index (χ2n) is 9.13. The van der Waals surface area contributed by atoms with Gasteiger partial charge in [-0.05, 0) is 54.9 Å². The predicted molar refractivity (Wildman–Crippen MR) is 111 cm³/mol. The van der Waals surface area contributed by atoms with E-state index in [0.717, 1.165) is 16.9 Å². The Bertz CT molecular complexity index is 1020. The van der Waals surface area contributed by atoms with Gasteiger partial charge in [0.1, 0.15) is 11.6 Å². The van der Waals surface area contributed by atoms with Gasteiger partial charge in [0.25, 0.3) is 6.43 Å². The van der Waals surface area contributed by atoms with Crippen LogP contribution in [-0.2, 0) is 5.41 Å². The van der Waals surface area contributed by atoms with Gasteiger partial charge in [-0.1, -0.05) is 19.9 Å². The average molecular weight is 450 g/mol. The summed E-state index contributed by atoms with van der Waals surface area (Å²) in [7, 11) is 0. The Hall–Kier alpha value is -2.71. The van der Waals surface area contributed by atoms with Crippen LogP contribution >= 0.6 is 0 Å². The van der Waals surface area contributed by atoms with Gasteiger partial charge in [0.15, 0.2) is 0 Å². The van der Waals surface area contributed by atoms with E-state index in [1.54, 1.807) is 13.0 Å². The minimum absolute atomic E-state index is 0.0178. The molecule has 2 bridgehead atoms. The van der Waals surface area contributed by atoms with Gasteiger partial charge in [0, 0.05) is 18.5 Å². The van der Waals surface area contributed by atoms with Crippen molar-refractivity contribution < 1.29 is 22.4 Å². The number of carbonyl (C=O) groups is 1. The van der Waals surface area contributed by atoms with Crippen molar-refractivity contribution in [2.24, 2.45) is 5.41 Å². The number of nitrogens with one attached hydrogen (secondary N) is 1. The molecule has 2 aromatic rings. The Morgan fingerprint density at radius 1 is 1.25 bits per heavy atom. The molecule has 0 saturated heterocycles. The maximum absolute atomic E-state index is 14.3. The summed E-state index contributed by atoms with van der Waals surface area (Å²) in [5.74, 6) is -1.43. The zero-order chi connectivity index (χ0) is 23.3. The molecule has 2 atom stereocenters. The number of amides is 2. The molecule has 5 nitrogen and oxygen atoms in total. The number of nitrogens with zero attached hydrogens (tertiary/aromatic N) is 3. The number of hydrogen-bond donors (Lipinski definition) is 1. The third-order valence-electron chi connectivity index (χ3n) is 7.27. The first kappa shape index (κ1) is 22.5. The van der Waals surface area contributed by atoms with E-state index >= 15 is 0 Å². The lowest BCUT2D eigenvalue weighted by molar-refractivity contribution is 0.0722. The summed E-state index contributed by atoms with van der Waals surface area (Å²) in [6.45, 7) is 5.51. The molecule has 1 N–H and O–H groups in total. The largest absolute Gasteiger partial charge is 0.338 e. The van der Waals surface area contributed by atoms with Crippen LogP contribution in [0, 0.1) is 17.0 Å². The monoisotopic (exact) mass is 450 g/mol. The lowest BCUT2D eigenvalue weighted by Crippen LogP contribution is -2.52. The molecule has 1 heterocycles. The van der Waals surface area contributed by atoms with Crippen molar-refractivity contribution in [3.63, 3.8) is 0 Å². The van der Waals surface area contributed by atoms with Gasteiger partial charge < -0.3 is 10.2 Å². The summed E-state index contributed by atoms with van der Waals surface area (Å²) in [5, 5.41) is 11.1. The van der Waals surface area contributed by atoms with Gasteiger partial charge in [-0.3, -0.25) is 0 Å². The van der Waals surface area contributed by atoms with Gasteiger partial charge >= 0.3 is 6.03 Å². The maximum Gasteiger partial charge on any atom is 0.317 e. The van der Waals surface area contributed by atoms with Crippen molar-refractivity contribution in [3.8, 4) is 11.3 Å². The zero-order valence-electron chi connectivity index (χ0n) is 18.3. The van der Waals surface area contributed by atoms with Gasteiger partial charge in [0.05, 0.1) is 23.5 Å². The van der Waals surface area contributed by atoms with Crippen molar-refractivity contribution in [1.82, 2.24) is 20.4 Å². The molecular formula is C23H26F4N4O. The summed E-state index contributed by atoms with van der Waals surface area (Å²) >= 11 is 0. The number of alkyl halides is 2. The normalized spacial score (nSPS) is 22.8. The molecule has 1 saturated carbocycles. The van der Waals surface area contributed by atoms with E-state index in [1.807, 2.05) is 13.8 Å². The standard InChI is InChI=1S/C23H26F4N4O/c1-4-28-21(32)31(11-18(26)27)12-23-9-8-14(22(23,2)3)13-10-17(29-30-20(13)23)19-15(24)6-5-7-16(19)25/h5-7,10,14,18H,4,8-9,11-12H2,1-3H3,(H,28,32)/t14-,23-/m0/s1. The van der Waals surface area contributed by atoms with Crippen LogP contribution in [0.1, 0.15) is 50.8 Å². The molecule has 172 valence electrons. The highest BCUT2D eigenvalue weighted by atomic mass is 19.3. The first-order chi connectivity index (χ1) is 15.1. The zero-order valence-corrected chi connectivity index (χ0v) is 18.3. The van der Waals surface area contributed by atoms with E-state index in [2.05, 4.69) is 15.5 Å². The molecule has 2 amide bonds. The molecule has 1 fully saturated rings. The lowest BCUT2D eigenvalue weighted by Gasteiger charge is -2.41. The molecule has 0 radical (unpaired) electrons. The smallest absolute Gasteiger partial charge is 0.317 e. The fourth-order valence-corrected chi connectivity index (χ4v) is 5.62. The SMILES string of the molecule is CCNC(=O)N(CC(F)F)C[C@@]12CC[C@@H](c3cc(-c4c(F)cccc4F)nnc31)C2(C)C. The molecule has 32 heavy (non-hydrogen) atoms. The second-order valence-corrected chi connectivity index (χ2v) is 9.13. The van der Waals surface area contributed by atoms with Crippen LogP contribution < -0.4 is 5.32 Å². The Kier molecular flexibility index (Phi) is 5.63. The number of benzene rings is 1. The second kappa shape index (κ2) is 8.01. The van der Waals surface area contributed by atoms with Crippen LogP contribution in [0.4, 0.5) is 22.4 Å². The van der Waals surface area contributed by atoms with E-state index in [9.17, 15) is 22.4 Å². The maximum atomic E-state index is 14.3. The topological polar surface area (TPSA) is 58.1 Å². The minimum atomic E-state index is -2.67. The third-order valence-corrected chi connectivity index (χ3v) is 7.27. The van der Waals surface area contributed by atoms with Crippen LogP contribution in [0.3, 0.4) is 0 Å². The van der Waals surface area contributed by atoms with E-state index in [4.69, 9.17) is 0 Å². The van der Waals surface area contributed by atoms with Crippen molar-refractivity contribution in [2.45, 2.75) is 51.4 Å². The molecule has 0 spiro atoms. The molecule has 2 aliphatic rings. The molecule has 1 aromatic carbocycles. The van der Waals surface area contributed by atoms with E-state index in [1.165, 1.54) is 18.2 Å². The molecule has 9 heteroatoms. The number of hydrogen-bond acceptors (Lipinski definition) is 3. The molecule has 2 aliphatic carbocycles. The average Bonchev–Trinajstić information content (AvgIpc) is 3.07. The Balaban J connectivity index is 1.78. The summed E-state index contributed by atoms with van der Waals surface area (Å²) in [6, 6.07) is 4.74. The molecule has 0 unspecified atom stereocenters. The van der Waals surface area contributed by atoms with E-state index < -0.39 is 41.5 Å². The van der Waals surface area contributed by atoms with Gasteiger partial charge in [-0.15, -0.1) is 0 Å². The first-order valence-electron chi connectivity index (χ1n) is 10.8. The van der Waals surface area contributed by atoms with Gasteiger partial charge in [0.2, 0.25) is 0 Å². The summed E-state index contributed by atoms with van der Waals surface area (Å²) in [5.41, 5.74) is 0.241. The van der Waals surface area contributed by atoms with Crippen molar-refractivity contribution >= 4 is 6.03 Å². The van der Waals surface area contributed by atoms with Crippen molar-refractivity contribution in [1.29, 1.82) is 0 Å². The quantitative estimate of drug-likeness (QED) is 0.639. The fourth-order valence-electron chi connectivity index (χ4n) is 5.62. The van der Waals surface area contributed by atoms with Crippen LogP contribution in [0.25, 0.3) is 11.3 Å². The predicted octanol–water partition coefficient (Wildman–Crippen LogP) is 4.87. The Labute approximate surface area is 184 Å². The highest BCUT2D eigenvalue weighted by Gasteiger charge is 2.64. The lowest BCUT2D eigenvalue weighted by atomic mass is 9.68. The Morgan fingerprint density at radius 2 is 1.94 bits per heavy atom. The summed E-state index contributed by atoms with van der Waals surface area (Å²) in [4.78, 5) is 13.7. The van der Waals surface area contributed by atoms with E-state index in [0.29, 0.717) is 18.7 Å². The molecular weight excluding hydrogens is 424 g/mol. The molecule has 4 rings (SSSR count). The van der Waals surface area contributed by atoms with Crippen LogP contribution in [-0.4, -0.2) is 47.2 Å². The summed E-state index contributed by atoms with van der Waals surface area (Å²) < 4.78 is 55.2. The van der Waals surface area contributed by atoms with E-state index in [-0.39, 0.29) is 23.7 Å². The number of carbonyl (C=O) groups excluding carboxylic acids is 1. The van der Waals surface area contributed by atoms with Crippen molar-refractivity contribution in [3.05, 3.63) is 47.2 Å². The minimum Gasteiger partial charge on any atom is -0.338 e. The number of fused-ring (bicyclic) bond motifs is 5. The van der Waals surface area contributed by atoms with Crippen molar-refractivity contribution in [2.75, 3.05) is 19.6 Å². The van der Waals surface area contributed by atoms with Gasteiger partial charge in [-0.25, -0.2) is 22.4 Å². The third kappa shape index (κ3) is 3.33. The number of rotatable bonds is 6. The van der Waals surface area contributed by atoms with Crippen LogP contribution in [0.15, 0.2) is 24.3 Å². The number of urea groups is 1. The number of aromatic nitrogens is 2. The molecule has 1 aromatic heterocycles. The Morgan fingerprint density at radius 3 is 2.56 bits per heavy atom. The van der Waals surface area contributed by atoms with Gasteiger partial charge in [-0.2, -0.15) is 10.2 Å². The highest BCUT2D eigenvalue weighted by Crippen LogP contribution is 2.67.